The molecular weight excluding hydrogens is 402 g/mol. The standard InChI is InChI=1S/C22H27N3O4S/c1-16-23-19(15-30-16)14-29-20-4-2-3-18(13-20)22(27)24-7-5-17(6-8-24)21(26)25-9-11-28-12-10-25/h2-4,13,15,17H,5-12,14H2,1H3. The van der Waals surface area contributed by atoms with Gasteiger partial charge in [0.05, 0.1) is 23.9 Å². The number of nitrogens with zero attached hydrogens (tertiary/aromatic N) is 3. The number of piperidine rings is 1. The molecule has 3 heterocycles. The van der Waals surface area contributed by atoms with Gasteiger partial charge in [-0.05, 0) is 38.0 Å². The highest BCUT2D eigenvalue weighted by atomic mass is 32.1. The number of hydrogen-bond donors (Lipinski definition) is 0. The van der Waals surface area contributed by atoms with E-state index in [9.17, 15) is 9.59 Å². The fourth-order valence-corrected chi connectivity index (χ4v) is 4.50. The maximum absolute atomic E-state index is 13.0. The van der Waals surface area contributed by atoms with Crippen molar-refractivity contribution in [2.24, 2.45) is 5.92 Å². The quantitative estimate of drug-likeness (QED) is 0.731. The van der Waals surface area contributed by atoms with Crippen LogP contribution in [0.4, 0.5) is 0 Å². The van der Waals surface area contributed by atoms with Crippen molar-refractivity contribution in [1.29, 1.82) is 0 Å². The second-order valence-electron chi connectivity index (χ2n) is 7.68. The molecule has 2 aliphatic heterocycles. The molecule has 2 fully saturated rings. The first-order valence-electron chi connectivity index (χ1n) is 10.4. The SMILES string of the molecule is Cc1nc(COc2cccc(C(=O)N3CCC(C(=O)N4CCOCC4)CC3)c2)cs1. The van der Waals surface area contributed by atoms with Gasteiger partial charge in [0, 0.05) is 43.0 Å². The van der Waals surface area contributed by atoms with Crippen molar-refractivity contribution in [2.45, 2.75) is 26.4 Å². The van der Waals surface area contributed by atoms with Gasteiger partial charge in [0.25, 0.3) is 5.91 Å². The molecule has 0 spiro atoms. The Labute approximate surface area is 180 Å². The molecule has 0 bridgehead atoms. The summed E-state index contributed by atoms with van der Waals surface area (Å²) in [6.45, 7) is 6.12. The third-order valence-electron chi connectivity index (χ3n) is 5.59. The highest BCUT2D eigenvalue weighted by Gasteiger charge is 2.31. The van der Waals surface area contributed by atoms with E-state index < -0.39 is 0 Å². The van der Waals surface area contributed by atoms with E-state index in [0.717, 1.165) is 10.7 Å². The summed E-state index contributed by atoms with van der Waals surface area (Å²) in [6, 6.07) is 7.28. The Hall–Kier alpha value is -2.45. The number of carbonyl (C=O) groups excluding carboxylic acids is 2. The molecule has 2 saturated heterocycles. The topological polar surface area (TPSA) is 72.0 Å². The van der Waals surface area contributed by atoms with E-state index in [2.05, 4.69) is 4.98 Å². The third kappa shape index (κ3) is 4.99. The molecule has 0 N–H and O–H groups in total. The summed E-state index contributed by atoms with van der Waals surface area (Å²) in [5.74, 6) is 0.854. The molecule has 30 heavy (non-hydrogen) atoms. The van der Waals surface area contributed by atoms with Crippen LogP contribution in [-0.2, 0) is 16.1 Å². The molecule has 0 atom stereocenters. The lowest BCUT2D eigenvalue weighted by atomic mass is 9.94. The molecule has 0 radical (unpaired) electrons. The van der Waals surface area contributed by atoms with E-state index in [0.29, 0.717) is 70.2 Å². The Balaban J connectivity index is 1.31. The number of morpholine rings is 1. The van der Waals surface area contributed by atoms with E-state index in [1.54, 1.807) is 17.4 Å². The maximum atomic E-state index is 13.0. The van der Waals surface area contributed by atoms with Gasteiger partial charge in [-0.2, -0.15) is 0 Å². The summed E-state index contributed by atoms with van der Waals surface area (Å²) in [6.07, 6.45) is 1.42. The molecule has 1 aromatic heterocycles. The number of amides is 2. The lowest BCUT2D eigenvalue weighted by molar-refractivity contribution is -0.141. The Morgan fingerprint density at radius 3 is 2.63 bits per heavy atom. The van der Waals surface area contributed by atoms with Crippen molar-refractivity contribution in [3.8, 4) is 5.75 Å². The van der Waals surface area contributed by atoms with Crippen molar-refractivity contribution < 1.29 is 19.1 Å². The predicted molar refractivity (Wildman–Crippen MR) is 114 cm³/mol. The first kappa shape index (κ1) is 20.8. The number of thiazole rings is 1. The Bertz CT molecular complexity index is 886. The van der Waals surface area contributed by atoms with E-state index in [4.69, 9.17) is 9.47 Å². The zero-order valence-electron chi connectivity index (χ0n) is 17.2. The van der Waals surface area contributed by atoms with Gasteiger partial charge in [-0.1, -0.05) is 6.07 Å². The van der Waals surface area contributed by atoms with E-state index in [-0.39, 0.29) is 17.7 Å². The van der Waals surface area contributed by atoms with Gasteiger partial charge in [-0.15, -0.1) is 11.3 Å². The molecule has 1 aromatic carbocycles. The molecular formula is C22H27N3O4S. The highest BCUT2D eigenvalue weighted by Crippen LogP contribution is 2.23. The van der Waals surface area contributed by atoms with Crippen LogP contribution in [0.2, 0.25) is 0 Å². The van der Waals surface area contributed by atoms with Crippen LogP contribution >= 0.6 is 11.3 Å². The number of aryl methyl sites for hydroxylation is 1. The zero-order valence-corrected chi connectivity index (χ0v) is 18.0. The van der Waals surface area contributed by atoms with Gasteiger partial charge in [-0.25, -0.2) is 4.98 Å². The first-order chi connectivity index (χ1) is 14.6. The lowest BCUT2D eigenvalue weighted by Crippen LogP contribution is -2.47. The van der Waals surface area contributed by atoms with E-state index in [1.807, 2.05) is 40.3 Å². The summed E-state index contributed by atoms with van der Waals surface area (Å²) in [7, 11) is 0. The van der Waals surface area contributed by atoms with E-state index in [1.165, 1.54) is 0 Å². The van der Waals surface area contributed by atoms with Crippen LogP contribution in [0.25, 0.3) is 0 Å². The maximum Gasteiger partial charge on any atom is 0.253 e. The fraction of sp³-hybridized carbons (Fsp3) is 0.500. The normalized spacial score (nSPS) is 17.8. The van der Waals surface area contributed by atoms with Crippen LogP contribution in [0, 0.1) is 12.8 Å². The number of hydrogen-bond acceptors (Lipinski definition) is 6. The first-order valence-corrected chi connectivity index (χ1v) is 11.3. The van der Waals surface area contributed by atoms with Crippen molar-refractivity contribution in [3.05, 3.63) is 45.9 Å². The minimum atomic E-state index is -0.0118. The number of aromatic nitrogens is 1. The van der Waals surface area contributed by atoms with Crippen molar-refractivity contribution in [2.75, 3.05) is 39.4 Å². The predicted octanol–water partition coefficient (Wildman–Crippen LogP) is 2.74. The van der Waals surface area contributed by atoms with Crippen LogP contribution in [0.3, 0.4) is 0 Å². The van der Waals surface area contributed by atoms with Crippen molar-refractivity contribution in [1.82, 2.24) is 14.8 Å². The minimum Gasteiger partial charge on any atom is -0.487 e. The summed E-state index contributed by atoms with van der Waals surface area (Å²) in [5.41, 5.74) is 1.50. The molecule has 4 rings (SSSR count). The third-order valence-corrected chi connectivity index (χ3v) is 6.41. The average Bonchev–Trinajstić information content (AvgIpc) is 3.23. The van der Waals surface area contributed by atoms with Crippen LogP contribution in [-0.4, -0.2) is 66.0 Å². The summed E-state index contributed by atoms with van der Waals surface area (Å²) >= 11 is 1.59. The highest BCUT2D eigenvalue weighted by molar-refractivity contribution is 7.09. The molecule has 0 unspecified atom stereocenters. The van der Waals surface area contributed by atoms with Crippen molar-refractivity contribution in [3.63, 3.8) is 0 Å². The molecule has 8 heteroatoms. The Kier molecular flexibility index (Phi) is 6.64. The van der Waals surface area contributed by atoms with Crippen LogP contribution in [0.5, 0.6) is 5.75 Å². The van der Waals surface area contributed by atoms with Crippen LogP contribution < -0.4 is 4.74 Å². The van der Waals surface area contributed by atoms with Crippen LogP contribution in [0.1, 0.15) is 33.9 Å². The zero-order chi connectivity index (χ0) is 20.9. The number of benzene rings is 1. The minimum absolute atomic E-state index is 0.00313. The smallest absolute Gasteiger partial charge is 0.253 e. The van der Waals surface area contributed by atoms with Gasteiger partial charge < -0.3 is 19.3 Å². The van der Waals surface area contributed by atoms with Gasteiger partial charge >= 0.3 is 0 Å². The monoisotopic (exact) mass is 429 g/mol. The van der Waals surface area contributed by atoms with Crippen LogP contribution in [0.15, 0.2) is 29.6 Å². The second kappa shape index (κ2) is 9.57. The fourth-order valence-electron chi connectivity index (χ4n) is 3.90. The molecule has 7 nitrogen and oxygen atoms in total. The number of rotatable bonds is 5. The average molecular weight is 430 g/mol. The second-order valence-corrected chi connectivity index (χ2v) is 8.74. The molecule has 2 amide bonds. The molecule has 0 saturated carbocycles. The van der Waals surface area contributed by atoms with Gasteiger partial charge in [0.2, 0.25) is 5.91 Å². The largest absolute Gasteiger partial charge is 0.487 e. The lowest BCUT2D eigenvalue weighted by Gasteiger charge is -2.35. The van der Waals surface area contributed by atoms with Gasteiger partial charge in [0.1, 0.15) is 12.4 Å². The van der Waals surface area contributed by atoms with Gasteiger partial charge in [-0.3, -0.25) is 9.59 Å². The van der Waals surface area contributed by atoms with Gasteiger partial charge in [0.15, 0.2) is 0 Å². The summed E-state index contributed by atoms with van der Waals surface area (Å²) < 4.78 is 11.1. The molecule has 2 aromatic rings. The summed E-state index contributed by atoms with van der Waals surface area (Å²) in [4.78, 5) is 33.8. The van der Waals surface area contributed by atoms with Crippen molar-refractivity contribution >= 4 is 23.2 Å². The summed E-state index contributed by atoms with van der Waals surface area (Å²) in [5, 5.41) is 2.99. The number of carbonyl (C=O) groups is 2. The molecule has 2 aliphatic rings. The number of likely N-dealkylation sites (tertiary alicyclic amines) is 1. The number of ether oxygens (including phenoxy) is 2. The molecule has 0 aliphatic carbocycles. The Morgan fingerprint density at radius 2 is 1.93 bits per heavy atom. The van der Waals surface area contributed by atoms with E-state index >= 15 is 0 Å². The Morgan fingerprint density at radius 1 is 1.17 bits per heavy atom. The molecule has 160 valence electrons.